The molecular formula is C31H33NO6. The van der Waals surface area contributed by atoms with Crippen molar-refractivity contribution in [3.8, 4) is 17.2 Å². The normalized spacial score (nSPS) is 16.7. The molecule has 0 radical (unpaired) electrons. The van der Waals surface area contributed by atoms with Crippen LogP contribution in [0.2, 0.25) is 0 Å². The van der Waals surface area contributed by atoms with Crippen molar-refractivity contribution in [2.45, 2.75) is 46.8 Å². The Morgan fingerprint density at radius 2 is 1.47 bits per heavy atom. The van der Waals surface area contributed by atoms with E-state index in [9.17, 15) is 14.7 Å². The van der Waals surface area contributed by atoms with Crippen molar-refractivity contribution in [1.29, 1.82) is 0 Å². The number of amides is 1. The van der Waals surface area contributed by atoms with E-state index in [1.807, 2.05) is 34.6 Å². The van der Waals surface area contributed by atoms with Crippen molar-refractivity contribution in [2.24, 2.45) is 0 Å². The Morgan fingerprint density at radius 1 is 0.895 bits per heavy atom. The number of aryl methyl sites for hydroxylation is 1. The van der Waals surface area contributed by atoms with Gasteiger partial charge in [0.05, 0.1) is 30.9 Å². The second-order valence-corrected chi connectivity index (χ2v) is 9.24. The first-order valence-electron chi connectivity index (χ1n) is 12.8. The summed E-state index contributed by atoms with van der Waals surface area (Å²) in [6, 6.07) is 18.6. The van der Waals surface area contributed by atoms with E-state index in [-0.39, 0.29) is 17.4 Å². The number of rotatable bonds is 9. The van der Waals surface area contributed by atoms with E-state index in [2.05, 4.69) is 0 Å². The van der Waals surface area contributed by atoms with Crippen molar-refractivity contribution >= 4 is 23.1 Å². The van der Waals surface area contributed by atoms with Gasteiger partial charge >= 0.3 is 0 Å². The topological polar surface area (TPSA) is 85.3 Å². The summed E-state index contributed by atoms with van der Waals surface area (Å²) in [5, 5.41) is 11.4. The van der Waals surface area contributed by atoms with Gasteiger partial charge in [-0.25, -0.2) is 0 Å². The predicted octanol–water partition coefficient (Wildman–Crippen LogP) is 6.21. The van der Waals surface area contributed by atoms with Gasteiger partial charge in [-0.3, -0.25) is 14.5 Å². The quantitative estimate of drug-likeness (QED) is 0.207. The van der Waals surface area contributed by atoms with Crippen molar-refractivity contribution in [3.63, 3.8) is 0 Å². The lowest BCUT2D eigenvalue weighted by atomic mass is 9.94. The third-order valence-electron chi connectivity index (χ3n) is 6.19. The lowest BCUT2D eigenvalue weighted by Crippen LogP contribution is -2.29. The van der Waals surface area contributed by atoms with Gasteiger partial charge in [-0.05, 0) is 100 Å². The number of carbonyl (C=O) groups is 2. The Hall–Kier alpha value is -4.26. The van der Waals surface area contributed by atoms with E-state index in [4.69, 9.17) is 14.2 Å². The average Bonchev–Trinajstić information content (AvgIpc) is 3.16. The van der Waals surface area contributed by atoms with Gasteiger partial charge in [0.2, 0.25) is 0 Å². The first-order valence-corrected chi connectivity index (χ1v) is 12.8. The molecule has 1 amide bonds. The summed E-state index contributed by atoms with van der Waals surface area (Å²) in [4.78, 5) is 28.3. The number of Topliss-reactive ketones (excluding diaryl/α,β-unsaturated/α-hetero) is 1. The molecule has 1 N–H and O–H groups in total. The van der Waals surface area contributed by atoms with Crippen LogP contribution in [0.1, 0.15) is 50.4 Å². The smallest absolute Gasteiger partial charge is 0.300 e. The largest absolute Gasteiger partial charge is 0.507 e. The minimum Gasteiger partial charge on any atom is -0.507 e. The van der Waals surface area contributed by atoms with Crippen molar-refractivity contribution in [1.82, 2.24) is 0 Å². The number of anilines is 1. The highest BCUT2D eigenvalue weighted by Crippen LogP contribution is 2.43. The SMILES string of the molecule is CCOc1ccc(C2/C(=C(/O)c3ccc(OC(C)C)c(C)c3)C(=O)C(=O)N2c2ccc(OCC)cc2)cc1. The molecule has 1 heterocycles. The summed E-state index contributed by atoms with van der Waals surface area (Å²) in [6.45, 7) is 10.6. The number of aliphatic hydroxyl groups excluding tert-OH is 1. The van der Waals surface area contributed by atoms with Crippen LogP contribution in [-0.4, -0.2) is 36.1 Å². The maximum Gasteiger partial charge on any atom is 0.300 e. The Morgan fingerprint density at radius 3 is 2.00 bits per heavy atom. The van der Waals surface area contributed by atoms with Crippen molar-refractivity contribution in [3.05, 3.63) is 89.0 Å². The average molecular weight is 516 g/mol. The van der Waals surface area contributed by atoms with Crippen LogP contribution >= 0.6 is 0 Å². The summed E-state index contributed by atoms with van der Waals surface area (Å²) >= 11 is 0. The maximum absolute atomic E-state index is 13.4. The molecule has 0 spiro atoms. The number of carbonyl (C=O) groups excluding carboxylic acids is 2. The molecule has 38 heavy (non-hydrogen) atoms. The molecule has 7 heteroatoms. The van der Waals surface area contributed by atoms with Gasteiger partial charge in [0.25, 0.3) is 11.7 Å². The molecule has 4 rings (SSSR count). The van der Waals surface area contributed by atoms with E-state index < -0.39 is 17.7 Å². The highest BCUT2D eigenvalue weighted by Gasteiger charge is 2.47. The third-order valence-corrected chi connectivity index (χ3v) is 6.19. The lowest BCUT2D eigenvalue weighted by molar-refractivity contribution is -0.132. The van der Waals surface area contributed by atoms with Gasteiger partial charge < -0.3 is 19.3 Å². The monoisotopic (exact) mass is 515 g/mol. The molecule has 1 fully saturated rings. The molecule has 0 bridgehead atoms. The molecule has 198 valence electrons. The zero-order valence-corrected chi connectivity index (χ0v) is 22.4. The van der Waals surface area contributed by atoms with Crippen LogP contribution in [0.25, 0.3) is 5.76 Å². The fraction of sp³-hybridized carbons (Fsp3) is 0.290. The highest BCUT2D eigenvalue weighted by atomic mass is 16.5. The highest BCUT2D eigenvalue weighted by molar-refractivity contribution is 6.51. The molecule has 1 aliphatic heterocycles. The lowest BCUT2D eigenvalue weighted by Gasteiger charge is -2.26. The Labute approximate surface area is 223 Å². The molecule has 1 saturated heterocycles. The summed E-state index contributed by atoms with van der Waals surface area (Å²) < 4.78 is 16.9. The number of nitrogens with zero attached hydrogens (tertiary/aromatic N) is 1. The minimum atomic E-state index is -0.837. The standard InChI is InChI=1S/C31H33NO6/c1-6-36-24-13-8-21(9-14-24)28-27(29(33)22-10-17-26(20(5)18-22)38-19(3)4)30(34)31(35)32(28)23-11-15-25(16-12-23)37-7-2/h8-19,28,33H,6-7H2,1-5H3/b29-27-. The van der Waals surface area contributed by atoms with Crippen LogP contribution in [0.5, 0.6) is 17.2 Å². The number of ether oxygens (including phenoxy) is 3. The molecular weight excluding hydrogens is 482 g/mol. The number of aliphatic hydroxyl groups is 1. The molecule has 7 nitrogen and oxygen atoms in total. The summed E-state index contributed by atoms with van der Waals surface area (Å²) in [5.41, 5.74) is 2.44. The predicted molar refractivity (Wildman–Crippen MR) is 147 cm³/mol. The molecule has 0 saturated carbocycles. The third kappa shape index (κ3) is 5.37. The van der Waals surface area contributed by atoms with E-state index >= 15 is 0 Å². The second-order valence-electron chi connectivity index (χ2n) is 9.24. The Bertz CT molecular complexity index is 1340. The number of benzene rings is 3. The van der Waals surface area contributed by atoms with E-state index in [0.717, 1.165) is 5.56 Å². The molecule has 1 atom stereocenters. The van der Waals surface area contributed by atoms with Gasteiger partial charge in [-0.1, -0.05) is 12.1 Å². The Kier molecular flexibility index (Phi) is 8.05. The fourth-order valence-corrected chi connectivity index (χ4v) is 4.54. The van der Waals surface area contributed by atoms with Gasteiger partial charge in [0, 0.05) is 11.3 Å². The van der Waals surface area contributed by atoms with Gasteiger partial charge in [-0.2, -0.15) is 0 Å². The Balaban J connectivity index is 1.84. The molecule has 0 aromatic heterocycles. The van der Waals surface area contributed by atoms with E-state index in [1.54, 1.807) is 66.7 Å². The first kappa shape index (κ1) is 26.8. The van der Waals surface area contributed by atoms with Crippen LogP contribution in [0, 0.1) is 6.92 Å². The zero-order chi connectivity index (χ0) is 27.4. The first-order chi connectivity index (χ1) is 18.2. The second kappa shape index (κ2) is 11.4. The van der Waals surface area contributed by atoms with Crippen LogP contribution < -0.4 is 19.1 Å². The van der Waals surface area contributed by atoms with Crippen LogP contribution in [0.15, 0.2) is 72.3 Å². The fourth-order valence-electron chi connectivity index (χ4n) is 4.54. The van der Waals surface area contributed by atoms with Gasteiger partial charge in [0.15, 0.2) is 0 Å². The molecule has 1 unspecified atom stereocenters. The molecule has 0 aliphatic carbocycles. The van der Waals surface area contributed by atoms with Crippen LogP contribution in [0.4, 0.5) is 5.69 Å². The molecule has 1 aliphatic rings. The minimum absolute atomic E-state index is 0.00718. The molecule has 3 aromatic carbocycles. The number of hydrogen-bond donors (Lipinski definition) is 1. The van der Waals surface area contributed by atoms with Gasteiger partial charge in [-0.15, -0.1) is 0 Å². The maximum atomic E-state index is 13.4. The van der Waals surface area contributed by atoms with Crippen molar-refractivity contribution in [2.75, 3.05) is 18.1 Å². The summed E-state index contributed by atoms with van der Waals surface area (Å²) in [6.07, 6.45) is -0.00718. The summed E-state index contributed by atoms with van der Waals surface area (Å²) in [5.74, 6) is 0.307. The van der Waals surface area contributed by atoms with E-state index in [0.29, 0.717) is 47.3 Å². The van der Waals surface area contributed by atoms with Crippen molar-refractivity contribution < 1.29 is 28.9 Å². The van der Waals surface area contributed by atoms with E-state index in [1.165, 1.54) is 4.90 Å². The zero-order valence-electron chi connectivity index (χ0n) is 22.4. The number of ketones is 1. The van der Waals surface area contributed by atoms with Crippen LogP contribution in [0.3, 0.4) is 0 Å². The van der Waals surface area contributed by atoms with Gasteiger partial charge in [0.1, 0.15) is 23.0 Å². The summed E-state index contributed by atoms with van der Waals surface area (Å²) in [7, 11) is 0. The molecule has 3 aromatic rings. The number of hydrogen-bond acceptors (Lipinski definition) is 6. The van der Waals surface area contributed by atoms with Crippen LogP contribution in [-0.2, 0) is 9.59 Å².